The van der Waals surface area contributed by atoms with E-state index in [-0.39, 0.29) is 22.9 Å². The van der Waals surface area contributed by atoms with E-state index in [1.54, 1.807) is 0 Å². The highest BCUT2D eigenvalue weighted by Crippen LogP contribution is 2.60. The van der Waals surface area contributed by atoms with Crippen LogP contribution in [0.25, 0.3) is 0 Å². The lowest BCUT2D eigenvalue weighted by molar-refractivity contribution is -0.161. The van der Waals surface area contributed by atoms with Gasteiger partial charge in [-0.05, 0) is 132 Å². The molecule has 1 aromatic rings. The van der Waals surface area contributed by atoms with Crippen LogP contribution in [0.5, 0.6) is 0 Å². The molecule has 6 heteroatoms. The molecule has 0 amide bonds. The molecular formula is C39H59NO4S. The molecule has 0 saturated heterocycles. The van der Waals surface area contributed by atoms with Crippen LogP contribution in [0.4, 0.5) is 0 Å². The number of aliphatic hydroxyl groups is 2. The summed E-state index contributed by atoms with van der Waals surface area (Å²) < 4.78 is 6.43. The summed E-state index contributed by atoms with van der Waals surface area (Å²) >= 11 is 1.85. The number of fused-ring (bicyclic) bond motifs is 1. The summed E-state index contributed by atoms with van der Waals surface area (Å²) in [7, 11) is 0. The molecule has 250 valence electrons. The molecular weight excluding hydrogens is 578 g/mol. The Morgan fingerprint density at radius 2 is 1.96 bits per heavy atom. The molecule has 0 aliphatic heterocycles. The molecule has 4 aliphatic carbocycles. The number of carbonyl (C=O) groups excluding carboxylic acids is 1. The number of aryl methyl sites for hydroxylation is 1. The van der Waals surface area contributed by atoms with Crippen LogP contribution in [-0.4, -0.2) is 39.5 Å². The van der Waals surface area contributed by atoms with Crippen molar-refractivity contribution in [1.82, 2.24) is 4.98 Å². The number of esters is 1. The Morgan fingerprint density at radius 3 is 2.64 bits per heavy atom. The normalized spacial score (nSPS) is 32.8. The summed E-state index contributed by atoms with van der Waals surface area (Å²) in [6.45, 7) is 17.2. The summed E-state index contributed by atoms with van der Waals surface area (Å²) in [5.74, 6) is 1.66. The molecule has 0 bridgehead atoms. The number of ether oxygens (including phenoxy) is 1. The highest BCUT2D eigenvalue weighted by molar-refractivity contribution is 7.11. The number of aromatic nitrogens is 1. The average Bonchev–Trinajstić information content (AvgIpc) is 3.50. The van der Waals surface area contributed by atoms with Crippen molar-refractivity contribution >= 4 is 17.3 Å². The molecule has 1 heterocycles. The van der Waals surface area contributed by atoms with Crippen LogP contribution in [0.2, 0.25) is 0 Å². The minimum Gasteiger partial charge on any atom is -0.461 e. The third-order valence-electron chi connectivity index (χ3n) is 11.9. The fourth-order valence-electron chi connectivity index (χ4n) is 8.86. The number of thiazole rings is 1. The molecule has 0 aromatic carbocycles. The Bertz CT molecular complexity index is 1280. The molecule has 2 N–H and O–H groups in total. The predicted octanol–water partition coefficient (Wildman–Crippen LogP) is 9.03. The van der Waals surface area contributed by atoms with Crippen LogP contribution in [0.1, 0.15) is 135 Å². The molecule has 45 heavy (non-hydrogen) atoms. The van der Waals surface area contributed by atoms with Gasteiger partial charge >= 0.3 is 5.97 Å². The van der Waals surface area contributed by atoms with Gasteiger partial charge in [0, 0.05) is 17.5 Å². The molecule has 0 unspecified atom stereocenters. The van der Waals surface area contributed by atoms with E-state index in [9.17, 15) is 15.0 Å². The zero-order valence-electron chi connectivity index (χ0n) is 28.9. The van der Waals surface area contributed by atoms with Crippen LogP contribution in [0, 0.1) is 28.6 Å². The van der Waals surface area contributed by atoms with Gasteiger partial charge in [-0.15, -0.1) is 11.3 Å². The van der Waals surface area contributed by atoms with Crippen molar-refractivity contribution in [2.75, 3.05) is 0 Å². The Hall–Kier alpha value is -1.76. The summed E-state index contributed by atoms with van der Waals surface area (Å²) in [5.41, 5.74) is 2.91. The number of unbranched alkanes of at least 4 members (excludes halogenated alkanes) is 1. The maximum Gasteiger partial charge on any atom is 0.311 e. The average molecular weight is 638 g/mol. The standard InChI is InChI=1S/C39H59NO4S/c1-8-9-12-30-24-40-35(45-30)39(20-21-39)34(44-36(43)37(4,5)6)18-13-25(2)31-16-17-32-27(11-10-19-38(31,32)7)14-15-28-22-29(41)23-33(42)26(28)3/h14-15,24-25,29,31-34,41-42H,3,8-13,16-23H2,1-2,4-7H3/t25-,29-,31-,32+,33+,34+,38-/m1/s1. The van der Waals surface area contributed by atoms with Crippen molar-refractivity contribution in [2.24, 2.45) is 28.6 Å². The SMILES string of the molecule is C=C1C(=CC=C2CCC[C@]3(C)[C@@H]([C@H](C)CC[C@H](OC(=O)C(C)(C)C)C4(c5ncc(CCCC)s5)CC4)CC[C@@H]23)C[C@@H](O)C[C@@H]1O. The van der Waals surface area contributed by atoms with Crippen molar-refractivity contribution in [1.29, 1.82) is 0 Å². The first-order valence-corrected chi connectivity index (χ1v) is 18.7. The number of hydrogen-bond acceptors (Lipinski definition) is 6. The van der Waals surface area contributed by atoms with Gasteiger partial charge in [0.2, 0.25) is 0 Å². The van der Waals surface area contributed by atoms with Gasteiger partial charge in [-0.2, -0.15) is 0 Å². The number of aliphatic hydroxyl groups excluding tert-OH is 2. The number of hydrogen-bond donors (Lipinski definition) is 2. The largest absolute Gasteiger partial charge is 0.461 e. The molecule has 5 rings (SSSR count). The van der Waals surface area contributed by atoms with Crippen molar-refractivity contribution < 1.29 is 19.7 Å². The second-order valence-electron chi connectivity index (χ2n) is 16.3. The zero-order chi connectivity index (χ0) is 32.6. The predicted molar refractivity (Wildman–Crippen MR) is 184 cm³/mol. The summed E-state index contributed by atoms with van der Waals surface area (Å²) in [4.78, 5) is 19.5. The summed E-state index contributed by atoms with van der Waals surface area (Å²) in [6, 6.07) is 0. The lowest BCUT2D eigenvalue weighted by atomic mass is 9.60. The Balaban J connectivity index is 1.30. The lowest BCUT2D eigenvalue weighted by Gasteiger charge is -2.44. The monoisotopic (exact) mass is 637 g/mol. The Kier molecular flexibility index (Phi) is 10.6. The quantitative estimate of drug-likeness (QED) is 0.237. The van der Waals surface area contributed by atoms with Gasteiger partial charge in [0.15, 0.2) is 0 Å². The van der Waals surface area contributed by atoms with Gasteiger partial charge in [0.25, 0.3) is 0 Å². The van der Waals surface area contributed by atoms with E-state index in [0.717, 1.165) is 49.7 Å². The topological polar surface area (TPSA) is 79.7 Å². The molecule has 1 aromatic heterocycles. The van der Waals surface area contributed by atoms with Gasteiger partial charge in [0.1, 0.15) is 11.1 Å². The molecule has 0 radical (unpaired) electrons. The maximum atomic E-state index is 13.3. The van der Waals surface area contributed by atoms with E-state index in [4.69, 9.17) is 9.72 Å². The minimum absolute atomic E-state index is 0.0982. The first-order chi connectivity index (χ1) is 21.3. The molecule has 4 aliphatic rings. The van der Waals surface area contributed by atoms with Gasteiger partial charge in [-0.3, -0.25) is 4.79 Å². The third kappa shape index (κ3) is 7.38. The van der Waals surface area contributed by atoms with Gasteiger partial charge in [0.05, 0.1) is 23.0 Å². The van der Waals surface area contributed by atoms with Crippen LogP contribution in [-0.2, 0) is 21.4 Å². The second-order valence-corrected chi connectivity index (χ2v) is 17.4. The molecule has 7 atom stereocenters. The van der Waals surface area contributed by atoms with Crippen molar-refractivity contribution in [3.63, 3.8) is 0 Å². The van der Waals surface area contributed by atoms with Gasteiger partial charge in [-0.25, -0.2) is 4.98 Å². The van der Waals surface area contributed by atoms with E-state index in [2.05, 4.69) is 45.7 Å². The molecule has 4 fully saturated rings. The second kappa shape index (κ2) is 13.8. The Labute approximate surface area is 276 Å². The first kappa shape index (κ1) is 34.6. The van der Waals surface area contributed by atoms with Crippen LogP contribution in [0.15, 0.2) is 41.6 Å². The van der Waals surface area contributed by atoms with Crippen LogP contribution >= 0.6 is 11.3 Å². The van der Waals surface area contributed by atoms with E-state index in [1.165, 1.54) is 54.0 Å². The van der Waals surface area contributed by atoms with Crippen molar-refractivity contribution in [3.8, 4) is 0 Å². The number of carbonyl (C=O) groups is 1. The molecule has 5 nitrogen and oxygen atoms in total. The van der Waals surface area contributed by atoms with E-state index < -0.39 is 17.6 Å². The minimum atomic E-state index is -0.647. The highest BCUT2D eigenvalue weighted by Gasteiger charge is 2.56. The van der Waals surface area contributed by atoms with Gasteiger partial charge < -0.3 is 14.9 Å². The number of nitrogens with zero attached hydrogens (tertiary/aromatic N) is 1. The fraction of sp³-hybridized carbons (Fsp3) is 0.744. The number of allylic oxidation sites excluding steroid dienone is 3. The smallest absolute Gasteiger partial charge is 0.311 e. The summed E-state index contributed by atoms with van der Waals surface area (Å²) in [5, 5.41) is 21.7. The van der Waals surface area contributed by atoms with E-state index >= 15 is 0 Å². The first-order valence-electron chi connectivity index (χ1n) is 17.9. The van der Waals surface area contributed by atoms with Crippen molar-refractivity contribution in [3.05, 3.63) is 51.5 Å². The lowest BCUT2D eigenvalue weighted by Crippen LogP contribution is -2.38. The van der Waals surface area contributed by atoms with E-state index in [0.29, 0.717) is 30.6 Å². The van der Waals surface area contributed by atoms with Crippen molar-refractivity contribution in [2.45, 2.75) is 155 Å². The molecule has 0 spiro atoms. The van der Waals surface area contributed by atoms with Crippen LogP contribution < -0.4 is 0 Å². The maximum absolute atomic E-state index is 13.3. The fourth-order valence-corrected chi connectivity index (χ4v) is 10.1. The van der Waals surface area contributed by atoms with Gasteiger partial charge in [-0.1, -0.05) is 51.5 Å². The number of rotatable bonds is 11. The van der Waals surface area contributed by atoms with E-state index in [1.807, 2.05) is 32.1 Å². The molecule has 4 saturated carbocycles. The van der Waals surface area contributed by atoms with Crippen LogP contribution in [0.3, 0.4) is 0 Å². The Morgan fingerprint density at radius 1 is 1.20 bits per heavy atom. The zero-order valence-corrected chi connectivity index (χ0v) is 29.7. The highest BCUT2D eigenvalue weighted by atomic mass is 32.1. The third-order valence-corrected chi connectivity index (χ3v) is 13.2. The summed E-state index contributed by atoms with van der Waals surface area (Å²) in [6.07, 6.45) is 19.8.